The van der Waals surface area contributed by atoms with Gasteiger partial charge in [0.25, 0.3) is 0 Å². The van der Waals surface area contributed by atoms with E-state index in [0.717, 1.165) is 17.1 Å². The standard InChI is InChI=1S/C27H29NO2S/c29-22-10-13-26-24(18-22)27(25(19-30-26)20-6-2-1-3-7-20)21-8-11-23(12-9-21)31-17-16-28-14-4-5-15-28/h1-3,6-13,18,25,27,29H,4-5,14-17,19H2/t25-,27-/m1/s1. The fraction of sp³-hybridized carbons (Fsp3) is 0.333. The van der Waals surface area contributed by atoms with E-state index in [-0.39, 0.29) is 17.6 Å². The largest absolute Gasteiger partial charge is 0.508 e. The van der Waals surface area contributed by atoms with Crippen LogP contribution in [0.25, 0.3) is 0 Å². The molecule has 2 aliphatic rings. The molecule has 1 saturated heterocycles. The summed E-state index contributed by atoms with van der Waals surface area (Å²) in [7, 11) is 0. The van der Waals surface area contributed by atoms with Gasteiger partial charge in [-0.2, -0.15) is 0 Å². The molecule has 1 fully saturated rings. The Hall–Kier alpha value is -2.43. The van der Waals surface area contributed by atoms with Crippen LogP contribution in [0.5, 0.6) is 11.5 Å². The SMILES string of the molecule is Oc1ccc2c(c1)[C@@H](c1ccc(SCCN3CCCC3)cc1)[C@@H](c1ccccc1)CO2. The van der Waals surface area contributed by atoms with Gasteiger partial charge in [-0.05, 0) is 67.4 Å². The number of fused-ring (bicyclic) bond motifs is 1. The Bertz CT molecular complexity index is 1000. The number of rotatable bonds is 6. The molecule has 0 radical (unpaired) electrons. The van der Waals surface area contributed by atoms with Crippen LogP contribution in [0, 0.1) is 0 Å². The number of thioether (sulfide) groups is 1. The molecule has 2 heterocycles. The average Bonchev–Trinajstić information content (AvgIpc) is 3.33. The Morgan fingerprint density at radius 2 is 1.68 bits per heavy atom. The second-order valence-corrected chi connectivity index (χ2v) is 9.66. The van der Waals surface area contributed by atoms with Crippen molar-refractivity contribution in [3.8, 4) is 11.5 Å². The van der Waals surface area contributed by atoms with Gasteiger partial charge < -0.3 is 14.7 Å². The Labute approximate surface area is 189 Å². The molecule has 3 aromatic carbocycles. The number of hydrogen-bond donors (Lipinski definition) is 1. The quantitative estimate of drug-likeness (QED) is 0.494. The third-order valence-electron chi connectivity index (χ3n) is 6.49. The van der Waals surface area contributed by atoms with Crippen LogP contribution in [0.3, 0.4) is 0 Å². The number of phenolic OH excluding ortho intramolecular Hbond substituents is 1. The van der Waals surface area contributed by atoms with Crippen LogP contribution in [0.15, 0.2) is 77.7 Å². The molecule has 31 heavy (non-hydrogen) atoms. The lowest BCUT2D eigenvalue weighted by atomic mass is 9.76. The van der Waals surface area contributed by atoms with E-state index in [9.17, 15) is 5.11 Å². The van der Waals surface area contributed by atoms with E-state index < -0.39 is 0 Å². The lowest BCUT2D eigenvalue weighted by Gasteiger charge is -2.34. The van der Waals surface area contributed by atoms with Crippen LogP contribution in [-0.2, 0) is 0 Å². The molecule has 0 amide bonds. The molecule has 160 valence electrons. The van der Waals surface area contributed by atoms with E-state index in [4.69, 9.17) is 4.74 Å². The second-order valence-electron chi connectivity index (χ2n) is 8.49. The molecule has 0 unspecified atom stereocenters. The van der Waals surface area contributed by atoms with Gasteiger partial charge in [-0.3, -0.25) is 0 Å². The normalized spacial score (nSPS) is 20.9. The monoisotopic (exact) mass is 431 g/mol. The summed E-state index contributed by atoms with van der Waals surface area (Å²) in [6.45, 7) is 4.33. The Morgan fingerprint density at radius 3 is 2.45 bits per heavy atom. The van der Waals surface area contributed by atoms with E-state index in [1.807, 2.05) is 23.9 Å². The lowest BCUT2D eigenvalue weighted by molar-refractivity contribution is 0.248. The summed E-state index contributed by atoms with van der Waals surface area (Å²) in [5.74, 6) is 2.67. The van der Waals surface area contributed by atoms with Crippen molar-refractivity contribution in [3.05, 3.63) is 89.5 Å². The number of nitrogens with zero attached hydrogens (tertiary/aromatic N) is 1. The molecule has 5 rings (SSSR count). The number of benzene rings is 3. The molecule has 3 aromatic rings. The third-order valence-corrected chi connectivity index (χ3v) is 7.48. The van der Waals surface area contributed by atoms with Crippen LogP contribution >= 0.6 is 11.8 Å². The van der Waals surface area contributed by atoms with Crippen molar-refractivity contribution in [2.45, 2.75) is 29.6 Å². The van der Waals surface area contributed by atoms with E-state index in [1.54, 1.807) is 6.07 Å². The van der Waals surface area contributed by atoms with Gasteiger partial charge in [0.15, 0.2) is 0 Å². The summed E-state index contributed by atoms with van der Waals surface area (Å²) < 4.78 is 6.10. The van der Waals surface area contributed by atoms with E-state index in [2.05, 4.69) is 59.5 Å². The number of aromatic hydroxyl groups is 1. The second kappa shape index (κ2) is 9.37. The maximum absolute atomic E-state index is 10.2. The molecule has 0 aliphatic carbocycles. The Morgan fingerprint density at radius 1 is 0.903 bits per heavy atom. The Balaban J connectivity index is 1.39. The molecule has 2 aliphatic heterocycles. The molecule has 1 N–H and O–H groups in total. The first kappa shape index (κ1) is 20.5. The number of likely N-dealkylation sites (tertiary alicyclic amines) is 1. The highest BCUT2D eigenvalue weighted by molar-refractivity contribution is 7.99. The minimum Gasteiger partial charge on any atom is -0.508 e. The highest BCUT2D eigenvalue weighted by Crippen LogP contribution is 2.47. The Kier molecular flexibility index (Phi) is 6.19. The number of hydrogen-bond acceptors (Lipinski definition) is 4. The third kappa shape index (κ3) is 4.60. The molecule has 0 bridgehead atoms. The van der Waals surface area contributed by atoms with Crippen LogP contribution in [0.1, 0.15) is 41.4 Å². The molecule has 0 spiro atoms. The molecular formula is C27H29NO2S. The van der Waals surface area contributed by atoms with Gasteiger partial charge >= 0.3 is 0 Å². The zero-order chi connectivity index (χ0) is 21.0. The molecule has 4 heteroatoms. The summed E-state index contributed by atoms with van der Waals surface area (Å²) in [4.78, 5) is 3.89. The summed E-state index contributed by atoms with van der Waals surface area (Å²) in [6.07, 6.45) is 2.70. The number of ether oxygens (including phenoxy) is 1. The molecule has 0 aromatic heterocycles. The van der Waals surface area contributed by atoms with Gasteiger partial charge in [0.1, 0.15) is 11.5 Å². The highest BCUT2D eigenvalue weighted by Gasteiger charge is 2.33. The van der Waals surface area contributed by atoms with Gasteiger partial charge in [-0.15, -0.1) is 11.8 Å². The van der Waals surface area contributed by atoms with Crippen molar-refractivity contribution in [3.63, 3.8) is 0 Å². The van der Waals surface area contributed by atoms with Gasteiger partial charge in [-0.1, -0.05) is 42.5 Å². The van der Waals surface area contributed by atoms with Crippen molar-refractivity contribution in [2.75, 3.05) is 32.0 Å². The number of phenols is 1. The van der Waals surface area contributed by atoms with E-state index in [1.165, 1.54) is 48.5 Å². The summed E-state index contributed by atoms with van der Waals surface area (Å²) in [6, 6.07) is 25.1. The smallest absolute Gasteiger partial charge is 0.123 e. The first-order valence-corrected chi connectivity index (χ1v) is 12.2. The molecule has 0 saturated carbocycles. The van der Waals surface area contributed by atoms with Crippen molar-refractivity contribution >= 4 is 11.8 Å². The van der Waals surface area contributed by atoms with Crippen molar-refractivity contribution in [1.82, 2.24) is 4.90 Å². The zero-order valence-electron chi connectivity index (χ0n) is 17.7. The molecule has 2 atom stereocenters. The maximum atomic E-state index is 10.2. The first-order valence-electron chi connectivity index (χ1n) is 11.2. The van der Waals surface area contributed by atoms with Crippen LogP contribution in [0.4, 0.5) is 0 Å². The highest BCUT2D eigenvalue weighted by atomic mass is 32.2. The lowest BCUT2D eigenvalue weighted by Crippen LogP contribution is -2.25. The van der Waals surface area contributed by atoms with Crippen molar-refractivity contribution in [2.24, 2.45) is 0 Å². The minimum atomic E-state index is 0.155. The fourth-order valence-corrected chi connectivity index (χ4v) is 5.79. The fourth-order valence-electron chi connectivity index (χ4n) is 4.87. The summed E-state index contributed by atoms with van der Waals surface area (Å²) >= 11 is 1.94. The predicted octanol–water partition coefficient (Wildman–Crippen LogP) is 5.89. The maximum Gasteiger partial charge on any atom is 0.123 e. The molecule has 3 nitrogen and oxygen atoms in total. The van der Waals surface area contributed by atoms with Crippen LogP contribution in [-0.4, -0.2) is 42.0 Å². The van der Waals surface area contributed by atoms with Crippen molar-refractivity contribution < 1.29 is 9.84 Å². The summed E-state index contributed by atoms with van der Waals surface area (Å²) in [5, 5.41) is 10.2. The first-order chi connectivity index (χ1) is 15.3. The summed E-state index contributed by atoms with van der Waals surface area (Å²) in [5.41, 5.74) is 3.60. The topological polar surface area (TPSA) is 32.7 Å². The minimum absolute atomic E-state index is 0.155. The van der Waals surface area contributed by atoms with Gasteiger partial charge in [0.2, 0.25) is 0 Å². The van der Waals surface area contributed by atoms with Crippen molar-refractivity contribution in [1.29, 1.82) is 0 Å². The predicted molar refractivity (Wildman–Crippen MR) is 127 cm³/mol. The van der Waals surface area contributed by atoms with Gasteiger partial charge in [0.05, 0.1) is 6.61 Å². The average molecular weight is 432 g/mol. The van der Waals surface area contributed by atoms with Crippen LogP contribution < -0.4 is 4.74 Å². The van der Waals surface area contributed by atoms with Gasteiger partial charge in [0, 0.05) is 34.6 Å². The molecular weight excluding hydrogens is 402 g/mol. The van der Waals surface area contributed by atoms with Crippen LogP contribution in [0.2, 0.25) is 0 Å². The zero-order valence-corrected chi connectivity index (χ0v) is 18.6. The van der Waals surface area contributed by atoms with E-state index in [0.29, 0.717) is 6.61 Å². The van der Waals surface area contributed by atoms with Gasteiger partial charge in [-0.25, -0.2) is 0 Å². The van der Waals surface area contributed by atoms with E-state index >= 15 is 0 Å².